The van der Waals surface area contributed by atoms with Gasteiger partial charge in [0, 0.05) is 19.8 Å². The predicted octanol–water partition coefficient (Wildman–Crippen LogP) is 7.60. The molecule has 0 bridgehead atoms. The van der Waals surface area contributed by atoms with Crippen molar-refractivity contribution in [1.82, 2.24) is 0 Å². The quantitative estimate of drug-likeness (QED) is 0.278. The summed E-state index contributed by atoms with van der Waals surface area (Å²) >= 11 is 0. The highest BCUT2D eigenvalue weighted by molar-refractivity contribution is 5.66. The Morgan fingerprint density at radius 3 is 2.06 bits per heavy atom. The van der Waals surface area contributed by atoms with Crippen molar-refractivity contribution in [3.63, 3.8) is 0 Å². The van der Waals surface area contributed by atoms with Crippen LogP contribution < -0.4 is 0 Å². The number of carbonyl (C=O) groups excluding carboxylic acids is 2. The van der Waals surface area contributed by atoms with Crippen LogP contribution in [0, 0.1) is 58.2 Å². The van der Waals surface area contributed by atoms with Gasteiger partial charge in [-0.05, 0) is 104 Å². The van der Waals surface area contributed by atoms with Crippen molar-refractivity contribution in [3.8, 4) is 0 Å². The number of allylic oxidation sites excluding steroid dienone is 2. The maximum Gasteiger partial charge on any atom is 0.302 e. The second kappa shape index (κ2) is 10.4. The normalized spacial score (nSPS) is 43.9. The van der Waals surface area contributed by atoms with Crippen LogP contribution in [-0.2, 0) is 19.1 Å². The van der Waals surface area contributed by atoms with E-state index in [4.69, 9.17) is 9.47 Å². The third-order valence-electron chi connectivity index (χ3n) is 11.7. The lowest BCUT2D eigenvalue weighted by atomic mass is 9.43. The van der Waals surface area contributed by atoms with E-state index in [9.17, 15) is 9.59 Å². The van der Waals surface area contributed by atoms with E-state index in [0.29, 0.717) is 40.9 Å². The van der Waals surface area contributed by atoms with E-state index >= 15 is 0 Å². The Balaban J connectivity index is 1.57. The molecule has 0 unspecified atom stereocenters. The summed E-state index contributed by atoms with van der Waals surface area (Å²) in [7, 11) is 0. The van der Waals surface area contributed by atoms with E-state index in [0.717, 1.165) is 31.6 Å². The van der Waals surface area contributed by atoms with Crippen LogP contribution in [0.2, 0.25) is 0 Å². The largest absolute Gasteiger partial charge is 0.463 e. The topological polar surface area (TPSA) is 52.6 Å². The van der Waals surface area contributed by atoms with Crippen molar-refractivity contribution in [3.05, 3.63) is 12.2 Å². The molecule has 0 spiro atoms. The van der Waals surface area contributed by atoms with Gasteiger partial charge < -0.3 is 9.47 Å². The van der Waals surface area contributed by atoms with E-state index in [1.165, 1.54) is 32.6 Å². The fourth-order valence-corrected chi connectivity index (χ4v) is 9.53. The van der Waals surface area contributed by atoms with Crippen LogP contribution in [0.1, 0.15) is 107 Å². The van der Waals surface area contributed by atoms with Gasteiger partial charge in [0.15, 0.2) is 0 Å². The van der Waals surface area contributed by atoms with Crippen molar-refractivity contribution < 1.29 is 19.1 Å². The molecule has 0 radical (unpaired) electrons. The van der Waals surface area contributed by atoms with Gasteiger partial charge in [0.05, 0.1) is 0 Å². The SMILES string of the molecule is CC(=O)O[C@@H]1CC[C@@]2(C)[C@@H]3CC[C@@]4(C)[C@@H]([C@H](C)/C=C/[C@H](C)C(C)C)CC[C@H]4[C@H]3C[C@@H](OC(C)=O)[C@H]2C1. The number of hydrogen-bond donors (Lipinski definition) is 0. The van der Waals surface area contributed by atoms with Gasteiger partial charge in [-0.3, -0.25) is 9.59 Å². The van der Waals surface area contributed by atoms with Crippen molar-refractivity contribution in [1.29, 1.82) is 0 Å². The van der Waals surface area contributed by atoms with Gasteiger partial charge in [-0.25, -0.2) is 0 Å². The molecule has 11 atom stereocenters. The van der Waals surface area contributed by atoms with E-state index in [1.54, 1.807) is 6.92 Å². The molecule has 4 nitrogen and oxygen atoms in total. The molecule has 4 fully saturated rings. The summed E-state index contributed by atoms with van der Waals surface area (Å²) in [5, 5.41) is 0. The monoisotopic (exact) mass is 500 g/mol. The summed E-state index contributed by atoms with van der Waals surface area (Å²) in [4.78, 5) is 23.9. The second-order valence-electron chi connectivity index (χ2n) is 14.0. The van der Waals surface area contributed by atoms with Gasteiger partial charge in [0.25, 0.3) is 0 Å². The molecule has 0 aliphatic heterocycles. The van der Waals surface area contributed by atoms with Gasteiger partial charge >= 0.3 is 11.9 Å². The molecular weight excluding hydrogens is 448 g/mol. The Kier molecular flexibility index (Phi) is 8.04. The third-order valence-corrected chi connectivity index (χ3v) is 11.7. The number of fused-ring (bicyclic) bond motifs is 5. The first kappa shape index (κ1) is 27.7. The minimum Gasteiger partial charge on any atom is -0.463 e. The molecule has 0 saturated heterocycles. The zero-order chi connectivity index (χ0) is 26.4. The molecule has 0 aromatic rings. The molecule has 4 heteroatoms. The summed E-state index contributed by atoms with van der Waals surface area (Å²) in [5.74, 6) is 4.56. The highest BCUT2D eigenvalue weighted by atomic mass is 16.5. The van der Waals surface area contributed by atoms with Crippen LogP contribution >= 0.6 is 0 Å². The summed E-state index contributed by atoms with van der Waals surface area (Å²) in [5.41, 5.74) is 0.516. The Morgan fingerprint density at radius 2 is 1.42 bits per heavy atom. The molecule has 4 aliphatic rings. The Bertz CT molecular complexity index is 847. The number of rotatable bonds is 6. The van der Waals surface area contributed by atoms with Crippen molar-refractivity contribution >= 4 is 11.9 Å². The third kappa shape index (κ3) is 5.04. The minimum atomic E-state index is -0.197. The molecule has 4 rings (SSSR count). The molecule has 36 heavy (non-hydrogen) atoms. The Labute approximate surface area is 220 Å². The van der Waals surface area contributed by atoms with E-state index in [2.05, 4.69) is 53.7 Å². The van der Waals surface area contributed by atoms with E-state index in [1.807, 2.05) is 0 Å². The number of esters is 2. The van der Waals surface area contributed by atoms with Gasteiger partial charge in [-0.1, -0.05) is 53.7 Å². The lowest BCUT2D eigenvalue weighted by Crippen LogP contribution is -2.59. The number of carbonyl (C=O) groups is 2. The minimum absolute atomic E-state index is 0.0410. The van der Waals surface area contributed by atoms with Crippen LogP contribution in [0.15, 0.2) is 12.2 Å². The van der Waals surface area contributed by atoms with Crippen molar-refractivity contribution in [2.45, 2.75) is 119 Å². The molecule has 0 amide bonds. The maximum atomic E-state index is 12.2. The average Bonchev–Trinajstić information content (AvgIpc) is 3.14. The van der Waals surface area contributed by atoms with Crippen LogP contribution in [0.3, 0.4) is 0 Å². The predicted molar refractivity (Wildman–Crippen MR) is 144 cm³/mol. The van der Waals surface area contributed by atoms with Crippen molar-refractivity contribution in [2.75, 3.05) is 0 Å². The first-order valence-electron chi connectivity index (χ1n) is 14.9. The van der Waals surface area contributed by atoms with Gasteiger partial charge in [-0.15, -0.1) is 0 Å². The zero-order valence-corrected chi connectivity index (χ0v) is 24.2. The Morgan fingerprint density at radius 1 is 0.778 bits per heavy atom. The van der Waals surface area contributed by atoms with E-state index < -0.39 is 0 Å². The lowest BCUT2D eigenvalue weighted by molar-refractivity contribution is -0.196. The summed E-state index contributed by atoms with van der Waals surface area (Å²) in [6.45, 7) is 17.5. The summed E-state index contributed by atoms with van der Waals surface area (Å²) in [6.07, 6.45) is 13.9. The highest BCUT2D eigenvalue weighted by Gasteiger charge is 2.63. The fourth-order valence-electron chi connectivity index (χ4n) is 9.53. The molecular formula is C32H52O4. The summed E-state index contributed by atoms with van der Waals surface area (Å²) in [6, 6.07) is 0. The standard InChI is InChI=1S/C32H52O4/c1-19(2)20(3)9-10-21(4)26-11-12-27-25-18-30(36-23(6)34)29-17-24(35-22(5)33)13-15-32(29,8)28(25)14-16-31(26,27)7/h9-10,19-21,24-30H,11-18H2,1-8H3/b10-9+/t20-,21+,24+,25+,26+,27-,28+,29+,30+,31-,32-/m0/s1. The molecule has 4 saturated carbocycles. The highest BCUT2D eigenvalue weighted by Crippen LogP contribution is 2.68. The molecule has 204 valence electrons. The molecule has 0 aromatic carbocycles. The lowest BCUT2D eigenvalue weighted by Gasteiger charge is -2.62. The van der Waals surface area contributed by atoms with Gasteiger partial charge in [-0.2, -0.15) is 0 Å². The van der Waals surface area contributed by atoms with Gasteiger partial charge in [0.2, 0.25) is 0 Å². The maximum absolute atomic E-state index is 12.2. The second-order valence-corrected chi connectivity index (χ2v) is 14.0. The number of hydrogen-bond acceptors (Lipinski definition) is 4. The molecule has 4 aliphatic carbocycles. The first-order chi connectivity index (χ1) is 16.9. The zero-order valence-electron chi connectivity index (χ0n) is 24.2. The van der Waals surface area contributed by atoms with Crippen LogP contribution in [0.4, 0.5) is 0 Å². The molecule has 0 heterocycles. The smallest absolute Gasteiger partial charge is 0.302 e. The van der Waals surface area contributed by atoms with Crippen LogP contribution in [0.25, 0.3) is 0 Å². The first-order valence-corrected chi connectivity index (χ1v) is 14.9. The van der Waals surface area contributed by atoms with Crippen LogP contribution in [-0.4, -0.2) is 24.1 Å². The molecule has 0 aromatic heterocycles. The summed E-state index contributed by atoms with van der Waals surface area (Å²) < 4.78 is 11.7. The number of ether oxygens (including phenoxy) is 2. The van der Waals surface area contributed by atoms with Crippen molar-refractivity contribution in [2.24, 2.45) is 58.2 Å². The molecule has 0 N–H and O–H groups in total. The average molecular weight is 501 g/mol. The van der Waals surface area contributed by atoms with E-state index in [-0.39, 0.29) is 35.5 Å². The van der Waals surface area contributed by atoms with Crippen LogP contribution in [0.5, 0.6) is 0 Å². The Hall–Kier alpha value is -1.32. The fraction of sp³-hybridized carbons (Fsp3) is 0.875. The van der Waals surface area contributed by atoms with Gasteiger partial charge in [0.1, 0.15) is 12.2 Å².